The fourth-order valence-corrected chi connectivity index (χ4v) is 1.54. The lowest BCUT2D eigenvalue weighted by Gasteiger charge is -2.08. The van der Waals surface area contributed by atoms with Crippen molar-refractivity contribution in [1.29, 1.82) is 0 Å². The minimum Gasteiger partial charge on any atom is -0.396 e. The minimum atomic E-state index is -0.486. The first-order valence-electron chi connectivity index (χ1n) is 5.61. The van der Waals surface area contributed by atoms with Gasteiger partial charge in [0.1, 0.15) is 0 Å². The Bertz CT molecular complexity index is 308. The first kappa shape index (κ1) is 12.9. The zero-order chi connectivity index (χ0) is 11.8. The van der Waals surface area contributed by atoms with Crippen LogP contribution >= 0.6 is 0 Å². The van der Waals surface area contributed by atoms with Gasteiger partial charge in [0.25, 0.3) is 0 Å². The molecule has 0 aliphatic rings. The van der Waals surface area contributed by atoms with Crippen molar-refractivity contribution < 1.29 is 15.0 Å². The first-order valence-corrected chi connectivity index (χ1v) is 5.61. The predicted octanol–water partition coefficient (Wildman–Crippen LogP) is 1.78. The first-order chi connectivity index (χ1) is 7.74. The van der Waals surface area contributed by atoms with E-state index < -0.39 is 6.10 Å². The van der Waals surface area contributed by atoms with Gasteiger partial charge in [-0.05, 0) is 19.3 Å². The summed E-state index contributed by atoms with van der Waals surface area (Å²) in [6.45, 7) is 0.0870. The maximum atomic E-state index is 11.7. The highest BCUT2D eigenvalue weighted by molar-refractivity contribution is 5.95. The normalized spacial score (nSPS) is 12.4. The number of carbonyl (C=O) groups excluding carboxylic acids is 1. The summed E-state index contributed by atoms with van der Waals surface area (Å²) in [6, 6.07) is 9.09. The van der Waals surface area contributed by atoms with E-state index in [0.29, 0.717) is 31.2 Å². The molecule has 2 N–H and O–H groups in total. The third-order valence-electron chi connectivity index (χ3n) is 2.50. The summed E-state index contributed by atoms with van der Waals surface area (Å²) in [5.74, 6) is 0.0589. The smallest absolute Gasteiger partial charge is 0.162 e. The van der Waals surface area contributed by atoms with Gasteiger partial charge in [-0.25, -0.2) is 0 Å². The Labute approximate surface area is 95.7 Å². The summed E-state index contributed by atoms with van der Waals surface area (Å²) in [5, 5.41) is 18.1. The second kappa shape index (κ2) is 7.14. The highest BCUT2D eigenvalue weighted by Crippen LogP contribution is 2.09. The molecular weight excluding hydrogens is 204 g/mol. The molecule has 0 fully saturated rings. The Morgan fingerprint density at radius 2 is 1.88 bits per heavy atom. The SMILES string of the molecule is O=C(CCC(O)CCCO)c1ccccc1. The van der Waals surface area contributed by atoms with Crippen molar-refractivity contribution in [3.8, 4) is 0 Å². The summed E-state index contributed by atoms with van der Waals surface area (Å²) >= 11 is 0. The van der Waals surface area contributed by atoms with Crippen molar-refractivity contribution >= 4 is 5.78 Å². The molecule has 0 amide bonds. The van der Waals surface area contributed by atoms with Gasteiger partial charge >= 0.3 is 0 Å². The molecule has 88 valence electrons. The van der Waals surface area contributed by atoms with Crippen molar-refractivity contribution in [3.63, 3.8) is 0 Å². The van der Waals surface area contributed by atoms with Crippen LogP contribution in [-0.4, -0.2) is 28.7 Å². The highest BCUT2D eigenvalue weighted by atomic mass is 16.3. The van der Waals surface area contributed by atoms with E-state index >= 15 is 0 Å². The van der Waals surface area contributed by atoms with Crippen molar-refractivity contribution in [1.82, 2.24) is 0 Å². The maximum Gasteiger partial charge on any atom is 0.162 e. The average Bonchev–Trinajstić information content (AvgIpc) is 2.34. The third-order valence-corrected chi connectivity index (χ3v) is 2.50. The largest absolute Gasteiger partial charge is 0.396 e. The third kappa shape index (κ3) is 4.55. The molecule has 1 aromatic rings. The summed E-state index contributed by atoms with van der Waals surface area (Å²) in [5.41, 5.74) is 0.692. The molecule has 3 nitrogen and oxygen atoms in total. The molecule has 1 aromatic carbocycles. The zero-order valence-electron chi connectivity index (χ0n) is 9.30. The predicted molar refractivity (Wildman–Crippen MR) is 62.3 cm³/mol. The highest BCUT2D eigenvalue weighted by Gasteiger charge is 2.09. The molecule has 0 spiro atoms. The number of Topliss-reactive ketones (excluding diaryl/α,β-unsaturated/α-hetero) is 1. The van der Waals surface area contributed by atoms with Gasteiger partial charge in [-0.3, -0.25) is 4.79 Å². The summed E-state index contributed by atoms with van der Waals surface area (Å²) in [4.78, 5) is 11.7. The summed E-state index contributed by atoms with van der Waals surface area (Å²) in [6.07, 6.45) is 1.48. The Morgan fingerprint density at radius 3 is 2.50 bits per heavy atom. The second-order valence-electron chi connectivity index (χ2n) is 3.85. The Kier molecular flexibility index (Phi) is 5.75. The molecule has 3 heteroatoms. The van der Waals surface area contributed by atoms with Crippen molar-refractivity contribution in [2.75, 3.05) is 6.61 Å². The number of benzene rings is 1. The molecule has 1 unspecified atom stereocenters. The topological polar surface area (TPSA) is 57.5 Å². The molecular formula is C13H18O3. The number of hydrogen-bond donors (Lipinski definition) is 2. The maximum absolute atomic E-state index is 11.7. The standard InChI is InChI=1S/C13H18O3/c14-10-4-7-12(15)8-9-13(16)11-5-2-1-3-6-11/h1-3,5-6,12,14-15H,4,7-10H2. The van der Waals surface area contributed by atoms with E-state index in [0.717, 1.165) is 0 Å². The van der Waals surface area contributed by atoms with Crippen LogP contribution in [0.15, 0.2) is 30.3 Å². The Morgan fingerprint density at radius 1 is 1.19 bits per heavy atom. The molecule has 1 atom stereocenters. The van der Waals surface area contributed by atoms with Crippen LogP contribution in [0, 0.1) is 0 Å². The van der Waals surface area contributed by atoms with E-state index in [-0.39, 0.29) is 12.4 Å². The lowest BCUT2D eigenvalue weighted by molar-refractivity contribution is 0.0925. The quantitative estimate of drug-likeness (QED) is 0.691. The van der Waals surface area contributed by atoms with Gasteiger partial charge in [-0.1, -0.05) is 30.3 Å². The van der Waals surface area contributed by atoms with Crippen LogP contribution in [0.1, 0.15) is 36.0 Å². The van der Waals surface area contributed by atoms with E-state index in [9.17, 15) is 9.90 Å². The molecule has 1 rings (SSSR count). The monoisotopic (exact) mass is 222 g/mol. The van der Waals surface area contributed by atoms with Gasteiger partial charge in [0.15, 0.2) is 5.78 Å². The second-order valence-corrected chi connectivity index (χ2v) is 3.85. The van der Waals surface area contributed by atoms with Crippen LogP contribution in [0.5, 0.6) is 0 Å². The van der Waals surface area contributed by atoms with Gasteiger partial charge in [-0.2, -0.15) is 0 Å². The van der Waals surface area contributed by atoms with Crippen LogP contribution in [-0.2, 0) is 0 Å². The van der Waals surface area contributed by atoms with Crippen LogP contribution in [0.2, 0.25) is 0 Å². The minimum absolute atomic E-state index is 0.0589. The lowest BCUT2D eigenvalue weighted by Crippen LogP contribution is -2.10. The summed E-state index contributed by atoms with van der Waals surface area (Å²) < 4.78 is 0. The molecule has 0 aromatic heterocycles. The number of aliphatic hydroxyl groups excluding tert-OH is 2. The molecule has 0 radical (unpaired) electrons. The van der Waals surface area contributed by atoms with Gasteiger partial charge in [0.05, 0.1) is 6.10 Å². The molecule has 0 heterocycles. The summed E-state index contributed by atoms with van der Waals surface area (Å²) in [7, 11) is 0. The van der Waals surface area contributed by atoms with Crippen LogP contribution in [0.4, 0.5) is 0 Å². The number of ketones is 1. The van der Waals surface area contributed by atoms with Gasteiger partial charge in [-0.15, -0.1) is 0 Å². The average molecular weight is 222 g/mol. The van der Waals surface area contributed by atoms with Gasteiger partial charge < -0.3 is 10.2 Å². The van der Waals surface area contributed by atoms with Crippen molar-refractivity contribution in [2.24, 2.45) is 0 Å². The lowest BCUT2D eigenvalue weighted by atomic mass is 10.0. The molecule has 0 saturated carbocycles. The molecule has 0 aliphatic heterocycles. The van der Waals surface area contributed by atoms with E-state index in [1.54, 1.807) is 12.1 Å². The fourth-order valence-electron chi connectivity index (χ4n) is 1.54. The number of hydrogen-bond acceptors (Lipinski definition) is 3. The van der Waals surface area contributed by atoms with E-state index in [1.165, 1.54) is 0 Å². The van der Waals surface area contributed by atoms with E-state index in [1.807, 2.05) is 18.2 Å². The van der Waals surface area contributed by atoms with Gasteiger partial charge in [0.2, 0.25) is 0 Å². The van der Waals surface area contributed by atoms with Gasteiger partial charge in [0, 0.05) is 18.6 Å². The Balaban J connectivity index is 2.30. The van der Waals surface area contributed by atoms with Crippen LogP contribution in [0.25, 0.3) is 0 Å². The molecule has 16 heavy (non-hydrogen) atoms. The van der Waals surface area contributed by atoms with Crippen molar-refractivity contribution in [2.45, 2.75) is 31.8 Å². The zero-order valence-corrected chi connectivity index (χ0v) is 9.30. The molecule has 0 saturated heterocycles. The number of rotatable bonds is 7. The number of aliphatic hydroxyl groups is 2. The number of carbonyl (C=O) groups is 1. The van der Waals surface area contributed by atoms with Crippen LogP contribution in [0.3, 0.4) is 0 Å². The van der Waals surface area contributed by atoms with E-state index in [4.69, 9.17) is 5.11 Å². The van der Waals surface area contributed by atoms with Crippen LogP contribution < -0.4 is 0 Å². The Hall–Kier alpha value is -1.19. The van der Waals surface area contributed by atoms with E-state index in [2.05, 4.69) is 0 Å². The fraction of sp³-hybridized carbons (Fsp3) is 0.462. The van der Waals surface area contributed by atoms with Crippen molar-refractivity contribution in [3.05, 3.63) is 35.9 Å². The molecule has 0 bridgehead atoms. The molecule has 0 aliphatic carbocycles.